The Morgan fingerprint density at radius 3 is 2.69 bits per heavy atom. The molecule has 32 heavy (non-hydrogen) atoms. The fourth-order valence-electron chi connectivity index (χ4n) is 2.63. The maximum absolute atomic E-state index is 12.8. The first-order chi connectivity index (χ1) is 15.1. The van der Waals surface area contributed by atoms with Crippen LogP contribution in [0.15, 0.2) is 36.9 Å². The van der Waals surface area contributed by atoms with E-state index in [0.717, 1.165) is 17.5 Å². The number of rotatable bonds is 7. The molecule has 0 spiro atoms. The minimum absolute atomic E-state index is 0.00386. The molecule has 0 unspecified atom stereocenters. The van der Waals surface area contributed by atoms with Gasteiger partial charge in [0.2, 0.25) is 10.0 Å². The van der Waals surface area contributed by atoms with Gasteiger partial charge in [0, 0.05) is 12.4 Å². The second kappa shape index (κ2) is 8.43. The molecule has 1 aliphatic carbocycles. The van der Waals surface area contributed by atoms with Gasteiger partial charge < -0.3 is 5.32 Å². The van der Waals surface area contributed by atoms with Crippen molar-refractivity contribution in [3.8, 4) is 10.6 Å². The fourth-order valence-corrected chi connectivity index (χ4v) is 4.80. The van der Waals surface area contributed by atoms with E-state index < -0.39 is 27.8 Å². The third kappa shape index (κ3) is 5.19. The molecular formula is C18H15F3N6O3S2. The van der Waals surface area contributed by atoms with Crippen molar-refractivity contribution in [3.05, 3.63) is 53.3 Å². The van der Waals surface area contributed by atoms with Gasteiger partial charge >= 0.3 is 6.18 Å². The van der Waals surface area contributed by atoms with Crippen LogP contribution in [0.1, 0.15) is 34.0 Å². The normalized spacial score (nSPS) is 14.2. The van der Waals surface area contributed by atoms with Crippen LogP contribution in [0.3, 0.4) is 0 Å². The molecule has 0 aliphatic heterocycles. The van der Waals surface area contributed by atoms with E-state index in [2.05, 4.69) is 30.0 Å². The first-order valence-corrected chi connectivity index (χ1v) is 11.6. The Balaban J connectivity index is 1.40. The highest BCUT2D eigenvalue weighted by Gasteiger charge is 2.36. The number of hydrogen-bond acceptors (Lipinski definition) is 8. The summed E-state index contributed by atoms with van der Waals surface area (Å²) in [5, 5.41) is 2.24. The summed E-state index contributed by atoms with van der Waals surface area (Å²) in [6, 6.07) is 3.01. The van der Waals surface area contributed by atoms with E-state index in [9.17, 15) is 26.4 Å². The minimum atomic E-state index is -4.64. The Hall–Kier alpha value is -3.13. The average molecular weight is 484 g/mol. The van der Waals surface area contributed by atoms with Crippen molar-refractivity contribution in [2.24, 2.45) is 0 Å². The number of nitrogens with one attached hydrogen (secondary N) is 2. The monoisotopic (exact) mass is 484 g/mol. The summed E-state index contributed by atoms with van der Waals surface area (Å²) in [5.74, 6) is -0.563. The summed E-state index contributed by atoms with van der Waals surface area (Å²) in [4.78, 5) is 27.7. The molecule has 0 bridgehead atoms. The molecule has 1 aliphatic rings. The van der Waals surface area contributed by atoms with Crippen LogP contribution < -0.4 is 10.0 Å². The predicted octanol–water partition coefficient (Wildman–Crippen LogP) is 2.85. The van der Waals surface area contributed by atoms with E-state index in [-0.39, 0.29) is 27.4 Å². The van der Waals surface area contributed by atoms with Crippen LogP contribution in [0.25, 0.3) is 10.6 Å². The molecule has 1 saturated carbocycles. The number of alkyl halides is 3. The van der Waals surface area contributed by atoms with Crippen molar-refractivity contribution in [1.29, 1.82) is 0 Å². The van der Waals surface area contributed by atoms with Gasteiger partial charge in [-0.2, -0.15) is 13.2 Å². The third-order valence-corrected chi connectivity index (χ3v) is 7.24. The standard InChI is InChI=1S/C18H15F3N6O3S2/c19-18(20,21)15-9-22-7-13(26-15)14-8-25-17(31-14)16(28)24-6-11-5-10(3-4-23-11)27-32(29,30)12-1-2-12/h3-5,7-9,12H,1-2,6H2,(H,23,27)(H,24,28). The lowest BCUT2D eigenvalue weighted by atomic mass is 10.3. The van der Waals surface area contributed by atoms with Gasteiger partial charge in [-0.15, -0.1) is 11.3 Å². The van der Waals surface area contributed by atoms with E-state index in [0.29, 0.717) is 30.4 Å². The van der Waals surface area contributed by atoms with Gasteiger partial charge in [-0.05, 0) is 25.0 Å². The van der Waals surface area contributed by atoms with Gasteiger partial charge in [0.1, 0.15) is 5.69 Å². The summed E-state index contributed by atoms with van der Waals surface area (Å²) in [7, 11) is -3.42. The molecule has 0 atom stereocenters. The summed E-state index contributed by atoms with van der Waals surface area (Å²) in [6.45, 7) is -0.00386. The third-order valence-electron chi connectivity index (χ3n) is 4.35. The molecule has 4 rings (SSSR count). The highest BCUT2D eigenvalue weighted by molar-refractivity contribution is 7.93. The van der Waals surface area contributed by atoms with Gasteiger partial charge in [0.25, 0.3) is 5.91 Å². The number of anilines is 1. The number of pyridine rings is 1. The van der Waals surface area contributed by atoms with E-state index in [1.807, 2.05) is 0 Å². The molecule has 1 amide bonds. The van der Waals surface area contributed by atoms with E-state index in [1.165, 1.54) is 24.5 Å². The molecule has 3 heterocycles. The smallest absolute Gasteiger partial charge is 0.344 e. The number of sulfonamides is 1. The van der Waals surface area contributed by atoms with E-state index in [4.69, 9.17) is 0 Å². The van der Waals surface area contributed by atoms with Crippen LogP contribution in [0.2, 0.25) is 0 Å². The van der Waals surface area contributed by atoms with Crippen molar-refractivity contribution in [2.75, 3.05) is 4.72 Å². The largest absolute Gasteiger partial charge is 0.434 e. The maximum atomic E-state index is 12.8. The molecule has 3 aromatic heterocycles. The zero-order chi connectivity index (χ0) is 22.9. The molecule has 0 radical (unpaired) electrons. The molecule has 14 heteroatoms. The second-order valence-electron chi connectivity index (χ2n) is 6.88. The van der Waals surface area contributed by atoms with Gasteiger partial charge in [-0.3, -0.25) is 19.5 Å². The number of hydrogen-bond donors (Lipinski definition) is 2. The zero-order valence-electron chi connectivity index (χ0n) is 16.1. The highest BCUT2D eigenvalue weighted by Crippen LogP contribution is 2.31. The van der Waals surface area contributed by atoms with Crippen LogP contribution in [-0.2, 0) is 22.7 Å². The molecule has 0 saturated heterocycles. The molecule has 1 fully saturated rings. The predicted molar refractivity (Wildman–Crippen MR) is 109 cm³/mol. The van der Waals surface area contributed by atoms with E-state index in [1.54, 1.807) is 0 Å². The molecular weight excluding hydrogens is 469 g/mol. The Bertz CT molecular complexity index is 1260. The van der Waals surface area contributed by atoms with Crippen molar-refractivity contribution in [2.45, 2.75) is 30.8 Å². The number of carbonyl (C=O) groups is 1. The Labute approximate surface area is 184 Å². The maximum Gasteiger partial charge on any atom is 0.434 e. The summed E-state index contributed by atoms with van der Waals surface area (Å²) >= 11 is 0.865. The summed E-state index contributed by atoms with van der Waals surface area (Å²) in [6.07, 6.45) is 1.06. The molecule has 0 aromatic carbocycles. The number of thiazole rings is 1. The molecule has 9 nitrogen and oxygen atoms in total. The topological polar surface area (TPSA) is 127 Å². The molecule has 3 aromatic rings. The lowest BCUT2D eigenvalue weighted by Gasteiger charge is -2.08. The van der Waals surface area contributed by atoms with Crippen molar-refractivity contribution in [1.82, 2.24) is 25.3 Å². The summed E-state index contributed by atoms with van der Waals surface area (Å²) < 4.78 is 65.0. The van der Waals surface area contributed by atoms with Crippen LogP contribution in [0.4, 0.5) is 18.9 Å². The average Bonchev–Trinajstić information content (AvgIpc) is 3.50. The lowest BCUT2D eigenvalue weighted by molar-refractivity contribution is -0.141. The quantitative estimate of drug-likeness (QED) is 0.528. The number of aromatic nitrogens is 4. The fraction of sp³-hybridized carbons (Fsp3) is 0.278. The lowest BCUT2D eigenvalue weighted by Crippen LogP contribution is -2.23. The second-order valence-corrected chi connectivity index (χ2v) is 9.87. The van der Waals surface area contributed by atoms with Crippen LogP contribution in [0.5, 0.6) is 0 Å². The van der Waals surface area contributed by atoms with Crippen molar-refractivity contribution >= 4 is 33.0 Å². The van der Waals surface area contributed by atoms with Gasteiger partial charge in [-0.25, -0.2) is 18.4 Å². The Kier molecular flexibility index (Phi) is 5.81. The first kappa shape index (κ1) is 22.1. The Morgan fingerprint density at radius 2 is 1.97 bits per heavy atom. The van der Waals surface area contributed by atoms with Gasteiger partial charge in [0.05, 0.1) is 40.4 Å². The number of carbonyl (C=O) groups excluding carboxylic acids is 1. The van der Waals surface area contributed by atoms with Crippen LogP contribution >= 0.6 is 11.3 Å². The number of halogens is 3. The minimum Gasteiger partial charge on any atom is -0.344 e. The highest BCUT2D eigenvalue weighted by atomic mass is 32.2. The molecule has 168 valence electrons. The Morgan fingerprint density at radius 1 is 1.19 bits per heavy atom. The van der Waals surface area contributed by atoms with E-state index >= 15 is 0 Å². The molecule has 2 N–H and O–H groups in total. The number of amides is 1. The van der Waals surface area contributed by atoms with Crippen LogP contribution in [0, 0.1) is 0 Å². The van der Waals surface area contributed by atoms with Gasteiger partial charge in [-0.1, -0.05) is 0 Å². The first-order valence-electron chi connectivity index (χ1n) is 9.22. The van der Waals surface area contributed by atoms with Gasteiger partial charge in [0.15, 0.2) is 10.7 Å². The zero-order valence-corrected chi connectivity index (χ0v) is 17.8. The van der Waals surface area contributed by atoms with Crippen molar-refractivity contribution < 1.29 is 26.4 Å². The SMILES string of the molecule is O=C(NCc1cc(NS(=O)(=O)C2CC2)ccn1)c1ncc(-c2cncc(C(F)(F)F)n2)s1. The number of nitrogens with zero attached hydrogens (tertiary/aromatic N) is 4. The summed E-state index contributed by atoms with van der Waals surface area (Å²) in [5.41, 5.74) is -0.433. The van der Waals surface area contributed by atoms with Crippen LogP contribution in [-0.4, -0.2) is 39.5 Å². The van der Waals surface area contributed by atoms with Crippen molar-refractivity contribution in [3.63, 3.8) is 0 Å².